The molecule has 148 valence electrons. The summed E-state index contributed by atoms with van der Waals surface area (Å²) in [7, 11) is 3.21. The molecule has 4 aromatic rings. The van der Waals surface area contributed by atoms with Gasteiger partial charge in [0.2, 0.25) is 0 Å². The van der Waals surface area contributed by atoms with Crippen LogP contribution in [0, 0.1) is 6.92 Å². The van der Waals surface area contributed by atoms with Gasteiger partial charge < -0.3 is 13.9 Å². The van der Waals surface area contributed by atoms with Gasteiger partial charge >= 0.3 is 0 Å². The number of methoxy groups -OCH3 is 2. The molecule has 0 spiro atoms. The minimum absolute atomic E-state index is 0.151. The van der Waals surface area contributed by atoms with E-state index in [0.29, 0.717) is 33.5 Å². The van der Waals surface area contributed by atoms with Crippen LogP contribution in [-0.2, 0) is 6.54 Å². The highest BCUT2D eigenvalue weighted by Crippen LogP contribution is 2.40. The van der Waals surface area contributed by atoms with E-state index < -0.39 is 0 Å². The fourth-order valence-electron chi connectivity index (χ4n) is 3.11. The summed E-state index contributed by atoms with van der Waals surface area (Å²) in [5.41, 5.74) is 2.27. The molecule has 4 rings (SSSR count). The fraction of sp³-hybridized carbons (Fsp3) is 0.182. The third kappa shape index (κ3) is 3.69. The lowest BCUT2D eigenvalue weighted by Crippen LogP contribution is -2.30. The van der Waals surface area contributed by atoms with Gasteiger partial charge in [-0.05, 0) is 43.3 Å². The molecule has 0 N–H and O–H groups in total. The van der Waals surface area contributed by atoms with E-state index in [9.17, 15) is 4.79 Å². The van der Waals surface area contributed by atoms with Gasteiger partial charge in [0.15, 0.2) is 5.13 Å². The molecule has 0 saturated carbocycles. The Labute approximate surface area is 172 Å². The van der Waals surface area contributed by atoms with E-state index in [-0.39, 0.29) is 12.5 Å². The molecule has 0 aliphatic rings. The van der Waals surface area contributed by atoms with E-state index in [1.165, 1.54) is 11.3 Å². The SMILES string of the molecule is COc1ccc(OC)c2sc(N(Cc3ccco3)C(=O)c3cccc(C)c3)nc12. The number of thiazole rings is 1. The van der Waals surface area contributed by atoms with Crippen molar-refractivity contribution in [1.82, 2.24) is 4.98 Å². The zero-order chi connectivity index (χ0) is 20.4. The maximum atomic E-state index is 13.4. The van der Waals surface area contributed by atoms with Gasteiger partial charge in [-0.25, -0.2) is 4.98 Å². The highest BCUT2D eigenvalue weighted by atomic mass is 32.1. The number of carbonyl (C=O) groups is 1. The molecule has 0 atom stereocenters. The molecule has 29 heavy (non-hydrogen) atoms. The van der Waals surface area contributed by atoms with Crippen LogP contribution in [0.25, 0.3) is 10.2 Å². The normalized spacial score (nSPS) is 10.9. The second-order valence-electron chi connectivity index (χ2n) is 6.48. The highest BCUT2D eigenvalue weighted by Gasteiger charge is 2.24. The number of ether oxygens (including phenoxy) is 2. The molecule has 0 aliphatic heterocycles. The number of anilines is 1. The topological polar surface area (TPSA) is 64.8 Å². The molecule has 2 heterocycles. The number of furan rings is 1. The van der Waals surface area contributed by atoms with Crippen LogP contribution in [0.3, 0.4) is 0 Å². The molecule has 0 unspecified atom stereocenters. The first-order chi connectivity index (χ1) is 14.1. The Bertz CT molecular complexity index is 1110. The molecule has 0 fully saturated rings. The molecule has 0 aliphatic carbocycles. The number of amides is 1. The summed E-state index contributed by atoms with van der Waals surface area (Å²) in [6, 6.07) is 14.8. The Hall–Kier alpha value is -3.32. The van der Waals surface area contributed by atoms with Crippen molar-refractivity contribution in [3.8, 4) is 11.5 Å². The molecule has 2 aromatic carbocycles. The van der Waals surface area contributed by atoms with Gasteiger partial charge in [0.05, 0.1) is 27.0 Å². The smallest absolute Gasteiger partial charge is 0.260 e. The molecule has 2 aromatic heterocycles. The van der Waals surface area contributed by atoms with E-state index in [4.69, 9.17) is 18.9 Å². The fourth-order valence-corrected chi connectivity index (χ4v) is 4.18. The van der Waals surface area contributed by atoms with Crippen LogP contribution in [0.4, 0.5) is 5.13 Å². The maximum Gasteiger partial charge on any atom is 0.260 e. The van der Waals surface area contributed by atoms with Gasteiger partial charge in [-0.2, -0.15) is 0 Å². The Morgan fingerprint density at radius 1 is 1.10 bits per heavy atom. The van der Waals surface area contributed by atoms with Crippen molar-refractivity contribution in [3.05, 3.63) is 71.7 Å². The average Bonchev–Trinajstić information content (AvgIpc) is 3.40. The summed E-state index contributed by atoms with van der Waals surface area (Å²) in [6.45, 7) is 2.23. The van der Waals surface area contributed by atoms with Crippen LogP contribution in [0.1, 0.15) is 21.7 Å². The zero-order valence-electron chi connectivity index (χ0n) is 16.3. The van der Waals surface area contributed by atoms with Crippen molar-refractivity contribution in [1.29, 1.82) is 0 Å². The van der Waals surface area contributed by atoms with E-state index in [1.54, 1.807) is 37.5 Å². The molecule has 0 saturated heterocycles. The number of aryl methyl sites for hydroxylation is 1. The molecular weight excluding hydrogens is 388 g/mol. The van der Waals surface area contributed by atoms with E-state index in [1.807, 2.05) is 43.3 Å². The van der Waals surface area contributed by atoms with Crippen molar-refractivity contribution in [2.75, 3.05) is 19.1 Å². The Balaban J connectivity index is 1.83. The zero-order valence-corrected chi connectivity index (χ0v) is 17.2. The van der Waals surface area contributed by atoms with Crippen LogP contribution < -0.4 is 14.4 Å². The number of nitrogens with zero attached hydrogens (tertiary/aromatic N) is 2. The first-order valence-electron chi connectivity index (χ1n) is 9.03. The van der Waals surface area contributed by atoms with Crippen LogP contribution >= 0.6 is 11.3 Å². The third-order valence-corrected chi connectivity index (χ3v) is 5.63. The second-order valence-corrected chi connectivity index (χ2v) is 7.46. The summed E-state index contributed by atoms with van der Waals surface area (Å²) in [5, 5.41) is 0.547. The van der Waals surface area contributed by atoms with Gasteiger partial charge in [-0.15, -0.1) is 0 Å². The van der Waals surface area contributed by atoms with Gasteiger partial charge in [0.25, 0.3) is 5.91 Å². The largest absolute Gasteiger partial charge is 0.495 e. The Kier molecular flexibility index (Phi) is 5.22. The lowest BCUT2D eigenvalue weighted by Gasteiger charge is -2.19. The van der Waals surface area contributed by atoms with Crippen molar-refractivity contribution in [2.45, 2.75) is 13.5 Å². The van der Waals surface area contributed by atoms with Gasteiger partial charge in [-0.3, -0.25) is 9.69 Å². The monoisotopic (exact) mass is 408 g/mol. The molecule has 0 radical (unpaired) electrons. The van der Waals surface area contributed by atoms with Gasteiger partial charge in [-0.1, -0.05) is 29.0 Å². The minimum atomic E-state index is -0.151. The minimum Gasteiger partial charge on any atom is -0.495 e. The van der Waals surface area contributed by atoms with Crippen molar-refractivity contribution < 1.29 is 18.7 Å². The lowest BCUT2D eigenvalue weighted by atomic mass is 10.1. The van der Waals surface area contributed by atoms with Crippen LogP contribution in [0.5, 0.6) is 11.5 Å². The molecule has 7 heteroatoms. The first kappa shape index (κ1) is 19.0. The highest BCUT2D eigenvalue weighted by molar-refractivity contribution is 7.22. The number of fused-ring (bicyclic) bond motifs is 1. The predicted molar refractivity (Wildman–Crippen MR) is 113 cm³/mol. The number of aromatic nitrogens is 1. The summed E-state index contributed by atoms with van der Waals surface area (Å²) < 4.78 is 17.2. The lowest BCUT2D eigenvalue weighted by molar-refractivity contribution is 0.0983. The van der Waals surface area contributed by atoms with Gasteiger partial charge in [0, 0.05) is 5.56 Å². The molecular formula is C22H20N2O4S. The number of rotatable bonds is 6. The number of carbonyl (C=O) groups excluding carboxylic acids is 1. The molecule has 1 amide bonds. The second kappa shape index (κ2) is 7.97. The van der Waals surface area contributed by atoms with Gasteiger partial charge in [0.1, 0.15) is 27.5 Å². The number of hydrogen-bond donors (Lipinski definition) is 0. The summed E-state index contributed by atoms with van der Waals surface area (Å²) in [6.07, 6.45) is 1.59. The van der Waals surface area contributed by atoms with Crippen LogP contribution in [0.2, 0.25) is 0 Å². The van der Waals surface area contributed by atoms with Crippen molar-refractivity contribution >= 4 is 32.6 Å². The maximum absolute atomic E-state index is 13.4. The number of benzene rings is 2. The number of hydrogen-bond acceptors (Lipinski definition) is 6. The van der Waals surface area contributed by atoms with Crippen LogP contribution in [-0.4, -0.2) is 25.1 Å². The Morgan fingerprint density at radius 2 is 1.90 bits per heavy atom. The quantitative estimate of drug-likeness (QED) is 0.446. The molecule has 6 nitrogen and oxygen atoms in total. The summed E-state index contributed by atoms with van der Waals surface area (Å²) in [4.78, 5) is 19.7. The third-order valence-electron chi connectivity index (χ3n) is 4.53. The predicted octanol–water partition coefficient (Wildman–Crippen LogP) is 5.06. The van der Waals surface area contributed by atoms with E-state index in [0.717, 1.165) is 10.3 Å². The molecule has 0 bridgehead atoms. The average molecular weight is 408 g/mol. The Morgan fingerprint density at radius 3 is 2.59 bits per heavy atom. The van der Waals surface area contributed by atoms with Crippen LogP contribution in [0.15, 0.2) is 59.2 Å². The first-order valence-corrected chi connectivity index (χ1v) is 9.85. The van der Waals surface area contributed by atoms with E-state index in [2.05, 4.69) is 0 Å². The summed E-state index contributed by atoms with van der Waals surface area (Å²) in [5.74, 6) is 1.83. The van der Waals surface area contributed by atoms with E-state index >= 15 is 0 Å². The summed E-state index contributed by atoms with van der Waals surface area (Å²) >= 11 is 1.38. The van der Waals surface area contributed by atoms with Crippen molar-refractivity contribution in [3.63, 3.8) is 0 Å². The van der Waals surface area contributed by atoms with Crippen molar-refractivity contribution in [2.24, 2.45) is 0 Å². The standard InChI is InChI=1S/C22H20N2O4S/c1-14-6-4-7-15(12-14)21(25)24(13-16-8-5-11-28-16)22-23-19-17(26-2)9-10-18(27-3)20(19)29-22/h4-12H,13H2,1-3H3.